The molecule has 0 saturated heterocycles. The summed E-state index contributed by atoms with van der Waals surface area (Å²) in [6.07, 6.45) is 6.27. The summed E-state index contributed by atoms with van der Waals surface area (Å²) in [5.41, 5.74) is 1.35. The number of ether oxygens (including phenoxy) is 1. The third kappa shape index (κ3) is 3.59. The number of rotatable bonds is 1. The van der Waals surface area contributed by atoms with Gasteiger partial charge in [-0.05, 0) is 45.2 Å². The van der Waals surface area contributed by atoms with Crippen LogP contribution in [0.1, 0.15) is 39.7 Å². The number of carbonyl (C=O) groups is 1. The van der Waals surface area contributed by atoms with Gasteiger partial charge in [-0.2, -0.15) is 0 Å². The third-order valence-corrected chi connectivity index (χ3v) is 3.07. The van der Waals surface area contributed by atoms with Crippen molar-refractivity contribution in [2.45, 2.75) is 39.7 Å². The van der Waals surface area contributed by atoms with Crippen LogP contribution in [0, 0.1) is 5.92 Å². The lowest BCUT2D eigenvalue weighted by Crippen LogP contribution is -2.39. The Kier molecular flexibility index (Phi) is 4.12. The number of pyridine rings is 1. The van der Waals surface area contributed by atoms with E-state index < -0.39 is 5.60 Å². The van der Waals surface area contributed by atoms with Crippen molar-refractivity contribution in [3.8, 4) is 0 Å². The second kappa shape index (κ2) is 5.65. The fourth-order valence-corrected chi connectivity index (χ4v) is 2.19. The van der Waals surface area contributed by atoms with Crippen LogP contribution in [0.5, 0.6) is 0 Å². The summed E-state index contributed by atoms with van der Waals surface area (Å²) in [5.74, 6) is 0.433. The molecule has 1 unspecified atom stereocenters. The Labute approximate surface area is 120 Å². The van der Waals surface area contributed by atoms with Gasteiger partial charge in [-0.1, -0.05) is 13.0 Å². The molecule has 0 N–H and O–H groups in total. The van der Waals surface area contributed by atoms with Gasteiger partial charge in [0.25, 0.3) is 0 Å². The van der Waals surface area contributed by atoms with Gasteiger partial charge in [0, 0.05) is 24.5 Å². The van der Waals surface area contributed by atoms with Gasteiger partial charge in [-0.25, -0.2) is 4.79 Å². The van der Waals surface area contributed by atoms with Crippen LogP contribution in [0.2, 0.25) is 0 Å². The number of hydrogen-bond acceptors (Lipinski definition) is 3. The molecule has 0 radical (unpaired) electrons. The van der Waals surface area contributed by atoms with E-state index in [4.69, 9.17) is 4.74 Å². The van der Waals surface area contributed by atoms with Gasteiger partial charge in [0.1, 0.15) is 5.60 Å². The monoisotopic (exact) mass is 274 g/mol. The highest BCUT2D eigenvalue weighted by Gasteiger charge is 2.29. The van der Waals surface area contributed by atoms with E-state index in [2.05, 4.69) is 18.0 Å². The summed E-state index contributed by atoms with van der Waals surface area (Å²) >= 11 is 0. The number of aromatic nitrogens is 1. The first-order valence-electron chi connectivity index (χ1n) is 6.98. The Bertz CT molecular complexity index is 503. The standard InChI is InChI=1S/C16H22N2O2/c1-12-7-8-14(13-6-5-9-17-10-13)18(11-12)15(19)20-16(2,3)4/h5-6,8-10,12H,7,11H2,1-4H3. The van der Waals surface area contributed by atoms with Gasteiger partial charge in [0.05, 0.1) is 5.70 Å². The first-order valence-corrected chi connectivity index (χ1v) is 6.98. The van der Waals surface area contributed by atoms with Crippen LogP contribution in [0.3, 0.4) is 0 Å². The number of nitrogens with zero attached hydrogens (tertiary/aromatic N) is 2. The van der Waals surface area contributed by atoms with E-state index in [1.807, 2.05) is 32.9 Å². The van der Waals surface area contributed by atoms with Crippen molar-refractivity contribution in [3.05, 3.63) is 36.2 Å². The fourth-order valence-electron chi connectivity index (χ4n) is 2.19. The van der Waals surface area contributed by atoms with Crippen molar-refractivity contribution in [2.75, 3.05) is 6.54 Å². The lowest BCUT2D eigenvalue weighted by molar-refractivity contribution is 0.0327. The topological polar surface area (TPSA) is 42.4 Å². The van der Waals surface area contributed by atoms with Gasteiger partial charge in [0.2, 0.25) is 0 Å². The van der Waals surface area contributed by atoms with Crippen LogP contribution >= 0.6 is 0 Å². The maximum absolute atomic E-state index is 12.4. The normalized spacial score (nSPS) is 19.5. The number of amides is 1. The summed E-state index contributed by atoms with van der Waals surface area (Å²) in [6, 6.07) is 3.84. The highest BCUT2D eigenvalue weighted by Crippen LogP contribution is 2.28. The maximum Gasteiger partial charge on any atom is 0.414 e. The number of carbonyl (C=O) groups excluding carboxylic acids is 1. The average molecular weight is 274 g/mol. The SMILES string of the molecule is CC1CC=C(c2cccnc2)N(C(=O)OC(C)(C)C)C1. The smallest absolute Gasteiger partial charge is 0.414 e. The molecule has 0 aliphatic carbocycles. The quantitative estimate of drug-likeness (QED) is 0.784. The largest absolute Gasteiger partial charge is 0.443 e. The van der Waals surface area contributed by atoms with E-state index >= 15 is 0 Å². The lowest BCUT2D eigenvalue weighted by Gasteiger charge is -2.33. The molecular weight excluding hydrogens is 252 g/mol. The molecule has 20 heavy (non-hydrogen) atoms. The molecule has 1 aromatic heterocycles. The van der Waals surface area contributed by atoms with Crippen LogP contribution in [0.25, 0.3) is 5.70 Å². The van der Waals surface area contributed by atoms with Gasteiger partial charge in [-0.15, -0.1) is 0 Å². The molecule has 0 spiro atoms. The summed E-state index contributed by atoms with van der Waals surface area (Å²) in [7, 11) is 0. The molecule has 0 aromatic carbocycles. The van der Waals surface area contributed by atoms with Crippen molar-refractivity contribution in [1.82, 2.24) is 9.88 Å². The molecule has 1 aliphatic rings. The zero-order valence-electron chi connectivity index (χ0n) is 12.6. The van der Waals surface area contributed by atoms with Crippen molar-refractivity contribution < 1.29 is 9.53 Å². The summed E-state index contributed by atoms with van der Waals surface area (Å²) in [6.45, 7) is 8.45. The molecule has 1 atom stereocenters. The van der Waals surface area contributed by atoms with Crippen molar-refractivity contribution in [3.63, 3.8) is 0 Å². The zero-order valence-corrected chi connectivity index (χ0v) is 12.6. The summed E-state index contributed by atoms with van der Waals surface area (Å²) in [5, 5.41) is 0. The van der Waals surface area contributed by atoms with Crippen LogP contribution < -0.4 is 0 Å². The van der Waals surface area contributed by atoms with E-state index in [0.717, 1.165) is 17.7 Å². The molecule has 108 valence electrons. The number of allylic oxidation sites excluding steroid dienone is 1. The predicted octanol–water partition coefficient (Wildman–Crippen LogP) is 3.70. The number of hydrogen-bond donors (Lipinski definition) is 0. The third-order valence-electron chi connectivity index (χ3n) is 3.07. The van der Waals surface area contributed by atoms with Crippen molar-refractivity contribution in [2.24, 2.45) is 5.92 Å². The first-order chi connectivity index (χ1) is 9.37. The van der Waals surface area contributed by atoms with E-state index in [1.54, 1.807) is 17.3 Å². The Morgan fingerprint density at radius 1 is 1.45 bits per heavy atom. The zero-order chi connectivity index (χ0) is 14.8. The molecule has 0 saturated carbocycles. The van der Waals surface area contributed by atoms with Gasteiger partial charge >= 0.3 is 6.09 Å². The average Bonchev–Trinajstić information content (AvgIpc) is 2.37. The maximum atomic E-state index is 12.4. The first kappa shape index (κ1) is 14.6. The fraction of sp³-hybridized carbons (Fsp3) is 0.500. The molecular formula is C16H22N2O2. The molecule has 2 heterocycles. The van der Waals surface area contributed by atoms with Crippen LogP contribution in [0.15, 0.2) is 30.6 Å². The van der Waals surface area contributed by atoms with Gasteiger partial charge in [0.15, 0.2) is 0 Å². The Balaban J connectivity index is 2.26. The second-order valence-electron chi connectivity index (χ2n) is 6.26. The molecule has 4 nitrogen and oxygen atoms in total. The van der Waals surface area contributed by atoms with Crippen molar-refractivity contribution in [1.29, 1.82) is 0 Å². The summed E-state index contributed by atoms with van der Waals surface area (Å²) < 4.78 is 5.50. The molecule has 0 fully saturated rings. The van der Waals surface area contributed by atoms with E-state index in [9.17, 15) is 4.79 Å². The van der Waals surface area contributed by atoms with Gasteiger partial charge in [-0.3, -0.25) is 9.88 Å². The molecule has 1 amide bonds. The highest BCUT2D eigenvalue weighted by atomic mass is 16.6. The predicted molar refractivity (Wildman–Crippen MR) is 78.9 cm³/mol. The van der Waals surface area contributed by atoms with Crippen LogP contribution in [-0.2, 0) is 4.74 Å². The molecule has 1 aromatic rings. The van der Waals surface area contributed by atoms with Crippen LogP contribution in [0.4, 0.5) is 4.79 Å². The Hall–Kier alpha value is -1.84. The summed E-state index contributed by atoms with van der Waals surface area (Å²) in [4.78, 5) is 18.2. The van der Waals surface area contributed by atoms with E-state index in [0.29, 0.717) is 12.5 Å². The van der Waals surface area contributed by atoms with Gasteiger partial charge < -0.3 is 4.74 Å². The minimum absolute atomic E-state index is 0.292. The molecule has 4 heteroatoms. The molecule has 1 aliphatic heterocycles. The van der Waals surface area contributed by atoms with Crippen molar-refractivity contribution >= 4 is 11.8 Å². The molecule has 0 bridgehead atoms. The Morgan fingerprint density at radius 3 is 2.80 bits per heavy atom. The second-order valence-corrected chi connectivity index (χ2v) is 6.26. The minimum Gasteiger partial charge on any atom is -0.443 e. The van der Waals surface area contributed by atoms with E-state index in [-0.39, 0.29) is 6.09 Å². The Morgan fingerprint density at radius 2 is 2.20 bits per heavy atom. The van der Waals surface area contributed by atoms with Crippen LogP contribution in [-0.4, -0.2) is 28.1 Å². The highest BCUT2D eigenvalue weighted by molar-refractivity contribution is 5.82. The van der Waals surface area contributed by atoms with E-state index in [1.165, 1.54) is 0 Å². The minimum atomic E-state index is -0.488. The molecule has 2 rings (SSSR count). The lowest BCUT2D eigenvalue weighted by atomic mass is 9.99.